The van der Waals surface area contributed by atoms with Crippen LogP contribution in [0.1, 0.15) is 0 Å². The van der Waals surface area contributed by atoms with E-state index in [1.165, 1.54) is 100 Å². The van der Waals surface area contributed by atoms with E-state index in [9.17, 15) is 0 Å². The first-order valence-corrected chi connectivity index (χ1v) is 25.2. The molecule has 0 N–H and O–H groups in total. The summed E-state index contributed by atoms with van der Waals surface area (Å²) in [7, 11) is 6.34. The van der Waals surface area contributed by atoms with Crippen molar-refractivity contribution in [3.05, 3.63) is 303 Å². The van der Waals surface area contributed by atoms with Crippen molar-refractivity contribution in [2.24, 2.45) is 0 Å². The Hall–Kier alpha value is -9.44. The van der Waals surface area contributed by atoms with Gasteiger partial charge in [0.25, 0.3) is 0 Å². The van der Waals surface area contributed by atoms with Crippen LogP contribution in [0.25, 0.3) is 66.1 Å². The minimum Gasteiger partial charge on any atom is -0.345 e. The first kappa shape index (κ1) is 48.2. The third kappa shape index (κ3) is 11.7. The molecule has 0 radical (unpaired) electrons. The summed E-state index contributed by atoms with van der Waals surface area (Å²) in [5.41, 5.74) is 17.0. The van der Waals surface area contributed by atoms with Crippen LogP contribution in [0, 0.1) is 0 Å². The van der Waals surface area contributed by atoms with Crippen LogP contribution in [-0.2, 0) is 0 Å². The Bertz CT molecular complexity index is 3590. The molecular formula is C71H59N3. The average Bonchev–Trinajstić information content (AvgIpc) is 3.49. The van der Waals surface area contributed by atoms with E-state index < -0.39 is 0 Å². The number of hydrogen-bond donors (Lipinski definition) is 0. The zero-order chi connectivity index (χ0) is 50.5. The van der Waals surface area contributed by atoms with E-state index in [4.69, 9.17) is 0 Å². The zero-order valence-corrected chi connectivity index (χ0v) is 42.2. The second kappa shape index (κ2) is 23.2. The molecule has 74 heavy (non-hydrogen) atoms. The van der Waals surface area contributed by atoms with Crippen LogP contribution in [-0.4, -0.2) is 21.1 Å². The molecule has 0 aliphatic rings. The van der Waals surface area contributed by atoms with E-state index in [0.717, 1.165) is 0 Å². The third-order valence-electron chi connectivity index (χ3n) is 13.7. The Kier molecular flexibility index (Phi) is 15.1. The second-order valence-corrected chi connectivity index (χ2v) is 18.4. The first-order valence-electron chi connectivity index (χ1n) is 25.2. The fraction of sp³-hybridized carbons (Fsp3) is 0.0423. The van der Waals surface area contributed by atoms with Crippen molar-refractivity contribution in [1.29, 1.82) is 0 Å². The minimum absolute atomic E-state index is 1.18. The minimum atomic E-state index is 1.18. The molecule has 3 nitrogen and oxygen atoms in total. The summed E-state index contributed by atoms with van der Waals surface area (Å²) in [6.45, 7) is 0. The molecule has 0 atom stereocenters. The monoisotopic (exact) mass is 953 g/mol. The lowest BCUT2D eigenvalue weighted by Crippen LogP contribution is -2.09. The summed E-state index contributed by atoms with van der Waals surface area (Å²) in [5.74, 6) is 0. The summed E-state index contributed by atoms with van der Waals surface area (Å²) in [4.78, 5) is 6.67. The smallest absolute Gasteiger partial charge is 0.0414 e. The van der Waals surface area contributed by atoms with Gasteiger partial charge >= 0.3 is 0 Å². The molecule has 12 rings (SSSR count). The molecule has 12 aromatic carbocycles. The molecule has 0 heterocycles. The molecule has 0 saturated heterocycles. The van der Waals surface area contributed by atoms with Crippen molar-refractivity contribution >= 4 is 55.7 Å². The van der Waals surface area contributed by atoms with E-state index in [2.05, 4.69) is 321 Å². The lowest BCUT2D eigenvalue weighted by molar-refractivity contribution is 1.21. The molecule has 0 fully saturated rings. The first-order chi connectivity index (χ1) is 36.4. The van der Waals surface area contributed by atoms with Gasteiger partial charge in [-0.2, -0.15) is 0 Å². The van der Waals surface area contributed by atoms with Crippen LogP contribution in [0.15, 0.2) is 303 Å². The highest BCUT2D eigenvalue weighted by molar-refractivity contribution is 5.88. The summed E-state index contributed by atoms with van der Waals surface area (Å²) < 4.78 is 0. The van der Waals surface area contributed by atoms with Crippen molar-refractivity contribution in [3.63, 3.8) is 0 Å². The quantitative estimate of drug-likeness (QED) is 0.135. The van der Waals surface area contributed by atoms with E-state index in [0.29, 0.717) is 0 Å². The molecule has 0 amide bonds. The summed E-state index contributed by atoms with van der Waals surface area (Å²) in [6, 6.07) is 107. The maximum absolute atomic E-state index is 2.24. The molecule has 0 aliphatic carbocycles. The van der Waals surface area contributed by atoms with Crippen molar-refractivity contribution in [3.8, 4) is 44.5 Å². The number of fused-ring (bicyclic) bond motifs is 2. The summed E-state index contributed by atoms with van der Waals surface area (Å²) in [6.07, 6.45) is 0. The summed E-state index contributed by atoms with van der Waals surface area (Å²) >= 11 is 0. The standard InChI is InChI=1S/C25H21N.2C23H19N/c1-26(24-16-12-22(13-17-24)20-8-4-2-5-9-20)25-18-14-23(15-19-25)21-10-6-3-7-11-21;1-24(23-15-14-19-10-5-6-11-20(19)17-23)22-13-7-12-21(16-22)18-8-3-2-4-9-18;1-24(23-16-13-19-9-5-6-10-21(19)17-23)22-14-11-20(12-15-22)18-7-3-2-4-8-18/h2-19H,1H3;2*2-17H,1H3. The van der Waals surface area contributed by atoms with Gasteiger partial charge in [0.1, 0.15) is 0 Å². The van der Waals surface area contributed by atoms with Gasteiger partial charge in [-0.15, -0.1) is 0 Å². The predicted octanol–water partition coefficient (Wildman–Crippen LogP) is 19.3. The van der Waals surface area contributed by atoms with Crippen LogP contribution in [0.5, 0.6) is 0 Å². The Labute approximate surface area is 437 Å². The highest BCUT2D eigenvalue weighted by Gasteiger charge is 2.10. The molecule has 0 saturated carbocycles. The van der Waals surface area contributed by atoms with E-state index in [-0.39, 0.29) is 0 Å². The Morgan fingerprint density at radius 2 is 0.405 bits per heavy atom. The van der Waals surface area contributed by atoms with E-state index >= 15 is 0 Å². The molecule has 3 heteroatoms. The number of nitrogens with zero attached hydrogens (tertiary/aromatic N) is 3. The van der Waals surface area contributed by atoms with Crippen molar-refractivity contribution in [2.45, 2.75) is 0 Å². The van der Waals surface area contributed by atoms with Gasteiger partial charge in [0.2, 0.25) is 0 Å². The number of benzene rings is 12. The van der Waals surface area contributed by atoms with Crippen molar-refractivity contribution in [2.75, 3.05) is 35.8 Å². The van der Waals surface area contributed by atoms with Gasteiger partial charge < -0.3 is 14.7 Å². The van der Waals surface area contributed by atoms with Gasteiger partial charge in [-0.3, -0.25) is 0 Å². The van der Waals surface area contributed by atoms with Crippen molar-refractivity contribution in [1.82, 2.24) is 0 Å². The fourth-order valence-electron chi connectivity index (χ4n) is 9.27. The van der Waals surface area contributed by atoms with Gasteiger partial charge in [-0.1, -0.05) is 231 Å². The maximum Gasteiger partial charge on any atom is 0.0414 e. The highest BCUT2D eigenvalue weighted by atomic mass is 15.1. The van der Waals surface area contributed by atoms with E-state index in [1.807, 2.05) is 18.2 Å². The lowest BCUT2D eigenvalue weighted by Gasteiger charge is -2.21. The maximum atomic E-state index is 2.24. The molecular weight excluding hydrogens is 895 g/mol. The van der Waals surface area contributed by atoms with E-state index in [1.54, 1.807) is 0 Å². The van der Waals surface area contributed by atoms with Gasteiger partial charge in [0.05, 0.1) is 0 Å². The topological polar surface area (TPSA) is 9.72 Å². The molecule has 0 unspecified atom stereocenters. The predicted molar refractivity (Wildman–Crippen MR) is 320 cm³/mol. The van der Waals surface area contributed by atoms with Crippen LogP contribution in [0.2, 0.25) is 0 Å². The average molecular weight is 954 g/mol. The van der Waals surface area contributed by atoms with Crippen LogP contribution >= 0.6 is 0 Å². The van der Waals surface area contributed by atoms with Gasteiger partial charge in [0, 0.05) is 55.3 Å². The van der Waals surface area contributed by atoms with Crippen molar-refractivity contribution < 1.29 is 0 Å². The van der Waals surface area contributed by atoms with Crippen LogP contribution in [0.3, 0.4) is 0 Å². The Morgan fingerprint density at radius 3 is 0.770 bits per heavy atom. The molecule has 0 aromatic heterocycles. The number of anilines is 6. The molecule has 0 spiro atoms. The Morgan fingerprint density at radius 1 is 0.162 bits per heavy atom. The van der Waals surface area contributed by atoms with Gasteiger partial charge in [-0.25, -0.2) is 0 Å². The SMILES string of the molecule is CN(c1ccc(-c2ccccc2)cc1)c1ccc(-c2ccccc2)cc1.CN(c1ccc(-c2ccccc2)cc1)c1ccc2ccccc2c1.CN(c1cccc(-c2ccccc2)c1)c1ccc2ccccc2c1. The molecule has 0 bridgehead atoms. The highest BCUT2D eigenvalue weighted by Crippen LogP contribution is 2.33. The number of hydrogen-bond acceptors (Lipinski definition) is 3. The zero-order valence-electron chi connectivity index (χ0n) is 42.2. The van der Waals surface area contributed by atoms with Crippen LogP contribution < -0.4 is 14.7 Å². The molecule has 358 valence electrons. The van der Waals surface area contributed by atoms with Gasteiger partial charge in [0.15, 0.2) is 0 Å². The number of rotatable bonds is 10. The molecule has 12 aromatic rings. The van der Waals surface area contributed by atoms with Crippen LogP contribution in [0.4, 0.5) is 34.1 Å². The lowest BCUT2D eigenvalue weighted by atomic mass is 10.0. The normalized spacial score (nSPS) is 10.6. The molecule has 0 aliphatic heterocycles. The Balaban J connectivity index is 0.000000127. The summed E-state index contributed by atoms with van der Waals surface area (Å²) in [5, 5.41) is 5.07. The third-order valence-corrected chi connectivity index (χ3v) is 13.7. The largest absolute Gasteiger partial charge is 0.345 e. The van der Waals surface area contributed by atoms with Gasteiger partial charge in [-0.05, 0) is 139 Å². The second-order valence-electron chi connectivity index (χ2n) is 18.4. The fourth-order valence-corrected chi connectivity index (χ4v) is 9.27.